The predicted molar refractivity (Wildman–Crippen MR) is 67.1 cm³/mol. The quantitative estimate of drug-likeness (QED) is 0.946. The molecule has 0 aliphatic carbocycles. The van der Waals surface area contributed by atoms with Gasteiger partial charge in [-0.1, -0.05) is 6.07 Å². The summed E-state index contributed by atoms with van der Waals surface area (Å²) in [6.45, 7) is 0.314. The molecule has 88 valence electrons. The summed E-state index contributed by atoms with van der Waals surface area (Å²) in [6, 6.07) is 8.19. The highest BCUT2D eigenvalue weighted by atomic mass is 79.9. The third-order valence-corrected chi connectivity index (χ3v) is 2.79. The number of nitrogens with zero attached hydrogens (tertiary/aromatic N) is 1. The smallest absolute Gasteiger partial charge is 0.166 e. The first-order valence-electron chi connectivity index (χ1n) is 4.94. The normalized spacial score (nSPS) is 10.2. The molecule has 2 rings (SSSR count). The second kappa shape index (κ2) is 5.14. The van der Waals surface area contributed by atoms with Crippen molar-refractivity contribution >= 4 is 21.7 Å². The van der Waals surface area contributed by atoms with Gasteiger partial charge in [-0.15, -0.1) is 0 Å². The van der Waals surface area contributed by atoms with E-state index in [0.717, 1.165) is 5.56 Å². The van der Waals surface area contributed by atoms with Crippen molar-refractivity contribution < 1.29 is 9.13 Å². The molecule has 0 radical (unpaired) electrons. The highest BCUT2D eigenvalue weighted by molar-refractivity contribution is 9.10. The molecule has 1 aromatic heterocycles. The first kappa shape index (κ1) is 11.9. The number of nitrogen functional groups attached to an aromatic ring is 1. The van der Waals surface area contributed by atoms with Crippen LogP contribution < -0.4 is 10.5 Å². The number of hydrogen-bond acceptors (Lipinski definition) is 3. The van der Waals surface area contributed by atoms with Gasteiger partial charge in [-0.2, -0.15) is 0 Å². The molecule has 0 atom stereocenters. The van der Waals surface area contributed by atoms with Gasteiger partial charge in [0.25, 0.3) is 0 Å². The van der Waals surface area contributed by atoms with Crippen LogP contribution in [0.2, 0.25) is 0 Å². The van der Waals surface area contributed by atoms with E-state index >= 15 is 0 Å². The number of hydrogen-bond donors (Lipinski definition) is 1. The molecule has 0 unspecified atom stereocenters. The van der Waals surface area contributed by atoms with E-state index in [9.17, 15) is 4.39 Å². The molecule has 0 aliphatic rings. The highest BCUT2D eigenvalue weighted by Gasteiger charge is 2.03. The van der Waals surface area contributed by atoms with Gasteiger partial charge in [-0.3, -0.25) is 0 Å². The Morgan fingerprint density at radius 2 is 2.18 bits per heavy atom. The van der Waals surface area contributed by atoms with Gasteiger partial charge in [0, 0.05) is 6.20 Å². The summed E-state index contributed by atoms with van der Waals surface area (Å²) in [4.78, 5) is 3.91. The molecule has 0 spiro atoms. The van der Waals surface area contributed by atoms with Crippen LogP contribution in [-0.4, -0.2) is 4.98 Å². The minimum atomic E-state index is -0.297. The lowest BCUT2D eigenvalue weighted by atomic mass is 10.2. The Morgan fingerprint density at radius 3 is 2.88 bits per heavy atom. The Hall–Kier alpha value is -1.62. The predicted octanol–water partition coefficient (Wildman–Crippen LogP) is 3.14. The Bertz CT molecular complexity index is 534. The second-order valence-corrected chi connectivity index (χ2v) is 4.28. The molecule has 2 aromatic rings. The number of nitrogens with two attached hydrogens (primary N) is 1. The molecule has 0 fully saturated rings. The molecule has 0 aliphatic heterocycles. The number of rotatable bonds is 3. The molecule has 1 heterocycles. The van der Waals surface area contributed by atoms with Gasteiger partial charge in [0.1, 0.15) is 12.4 Å². The molecule has 2 N–H and O–H groups in total. The van der Waals surface area contributed by atoms with E-state index in [1.165, 1.54) is 6.07 Å². The number of benzene rings is 1. The van der Waals surface area contributed by atoms with Crippen molar-refractivity contribution in [1.29, 1.82) is 0 Å². The van der Waals surface area contributed by atoms with Crippen molar-refractivity contribution in [1.82, 2.24) is 4.98 Å². The molecule has 0 amide bonds. The van der Waals surface area contributed by atoms with Crippen molar-refractivity contribution in [2.45, 2.75) is 6.61 Å². The van der Waals surface area contributed by atoms with E-state index in [0.29, 0.717) is 22.6 Å². The van der Waals surface area contributed by atoms with E-state index < -0.39 is 0 Å². The van der Waals surface area contributed by atoms with Crippen LogP contribution in [0, 0.1) is 5.82 Å². The third kappa shape index (κ3) is 2.94. The SMILES string of the molecule is Nc1ncccc1OCc1ccc(F)c(Br)c1. The summed E-state index contributed by atoms with van der Waals surface area (Å²) in [5.41, 5.74) is 6.48. The molecule has 5 heteroatoms. The number of ether oxygens (including phenoxy) is 1. The fraction of sp³-hybridized carbons (Fsp3) is 0.0833. The van der Waals surface area contributed by atoms with Gasteiger partial charge in [-0.05, 0) is 45.8 Å². The summed E-state index contributed by atoms with van der Waals surface area (Å²) in [6.07, 6.45) is 1.59. The lowest BCUT2D eigenvalue weighted by Crippen LogP contribution is -2.00. The molecular formula is C12H10BrFN2O. The fourth-order valence-corrected chi connectivity index (χ4v) is 1.74. The van der Waals surface area contributed by atoms with Gasteiger partial charge >= 0.3 is 0 Å². The van der Waals surface area contributed by atoms with Crippen LogP contribution in [0.25, 0.3) is 0 Å². The summed E-state index contributed by atoms with van der Waals surface area (Å²) >= 11 is 3.12. The Kier molecular flexibility index (Phi) is 3.58. The zero-order valence-electron chi connectivity index (χ0n) is 8.86. The van der Waals surface area contributed by atoms with Crippen LogP contribution in [-0.2, 0) is 6.61 Å². The Labute approximate surface area is 107 Å². The zero-order valence-corrected chi connectivity index (χ0v) is 10.4. The summed E-state index contributed by atoms with van der Waals surface area (Å²) < 4.78 is 18.9. The zero-order chi connectivity index (χ0) is 12.3. The molecule has 17 heavy (non-hydrogen) atoms. The Morgan fingerprint density at radius 1 is 1.35 bits per heavy atom. The highest BCUT2D eigenvalue weighted by Crippen LogP contribution is 2.21. The fourth-order valence-electron chi connectivity index (χ4n) is 1.32. The van der Waals surface area contributed by atoms with Gasteiger partial charge in [0.15, 0.2) is 11.6 Å². The lowest BCUT2D eigenvalue weighted by Gasteiger charge is -2.08. The minimum Gasteiger partial charge on any atom is -0.485 e. The maximum atomic E-state index is 13.0. The van der Waals surface area contributed by atoms with Crippen molar-refractivity contribution in [3.63, 3.8) is 0 Å². The van der Waals surface area contributed by atoms with Crippen molar-refractivity contribution in [3.8, 4) is 5.75 Å². The standard InChI is InChI=1S/C12H10BrFN2O/c13-9-6-8(3-4-10(9)14)7-17-11-2-1-5-16-12(11)15/h1-6H,7H2,(H2,15,16). The van der Waals surface area contributed by atoms with Crippen LogP contribution in [0.3, 0.4) is 0 Å². The Balaban J connectivity index is 2.08. The van der Waals surface area contributed by atoms with Crippen molar-refractivity contribution in [2.24, 2.45) is 0 Å². The van der Waals surface area contributed by atoms with Crippen LogP contribution in [0.4, 0.5) is 10.2 Å². The van der Waals surface area contributed by atoms with Crippen LogP contribution in [0.15, 0.2) is 41.0 Å². The summed E-state index contributed by atoms with van der Waals surface area (Å²) in [7, 11) is 0. The average Bonchev–Trinajstić information content (AvgIpc) is 2.32. The van der Waals surface area contributed by atoms with Crippen LogP contribution >= 0.6 is 15.9 Å². The number of anilines is 1. The van der Waals surface area contributed by atoms with Gasteiger partial charge in [0.05, 0.1) is 4.47 Å². The van der Waals surface area contributed by atoms with Gasteiger partial charge < -0.3 is 10.5 Å². The van der Waals surface area contributed by atoms with Crippen molar-refractivity contribution in [2.75, 3.05) is 5.73 Å². The van der Waals surface area contributed by atoms with Crippen LogP contribution in [0.5, 0.6) is 5.75 Å². The van der Waals surface area contributed by atoms with E-state index in [1.807, 2.05) is 0 Å². The molecule has 0 saturated heterocycles. The largest absolute Gasteiger partial charge is 0.485 e. The third-order valence-electron chi connectivity index (χ3n) is 2.18. The molecule has 1 aromatic carbocycles. The summed E-state index contributed by atoms with van der Waals surface area (Å²) in [5, 5.41) is 0. The number of halogens is 2. The molecular weight excluding hydrogens is 287 g/mol. The first-order valence-corrected chi connectivity index (χ1v) is 5.73. The molecule has 0 saturated carbocycles. The van der Waals surface area contributed by atoms with Gasteiger partial charge in [-0.25, -0.2) is 9.37 Å². The van der Waals surface area contributed by atoms with E-state index in [1.54, 1.807) is 30.5 Å². The van der Waals surface area contributed by atoms with Gasteiger partial charge in [0.2, 0.25) is 0 Å². The number of pyridine rings is 1. The first-order chi connectivity index (χ1) is 8.16. The maximum Gasteiger partial charge on any atom is 0.166 e. The molecule has 3 nitrogen and oxygen atoms in total. The van der Waals surface area contributed by atoms with Crippen molar-refractivity contribution in [3.05, 3.63) is 52.4 Å². The average molecular weight is 297 g/mol. The van der Waals surface area contributed by atoms with E-state index in [4.69, 9.17) is 10.5 Å². The summed E-state index contributed by atoms with van der Waals surface area (Å²) in [5.74, 6) is 0.566. The van der Waals surface area contributed by atoms with E-state index in [2.05, 4.69) is 20.9 Å². The maximum absolute atomic E-state index is 13.0. The minimum absolute atomic E-state index is 0.297. The van der Waals surface area contributed by atoms with Crippen LogP contribution in [0.1, 0.15) is 5.56 Å². The lowest BCUT2D eigenvalue weighted by molar-refractivity contribution is 0.306. The topological polar surface area (TPSA) is 48.1 Å². The second-order valence-electron chi connectivity index (χ2n) is 3.42. The molecule has 0 bridgehead atoms. The van der Waals surface area contributed by atoms with E-state index in [-0.39, 0.29) is 5.82 Å². The monoisotopic (exact) mass is 296 g/mol. The number of aromatic nitrogens is 1.